The lowest BCUT2D eigenvalue weighted by Gasteiger charge is -2.06. The van der Waals surface area contributed by atoms with Crippen molar-refractivity contribution < 1.29 is 0 Å². The third kappa shape index (κ3) is 2.82. The van der Waals surface area contributed by atoms with Gasteiger partial charge in [0.05, 0.1) is 0 Å². The van der Waals surface area contributed by atoms with Gasteiger partial charge in [-0.1, -0.05) is 18.2 Å². The van der Waals surface area contributed by atoms with Gasteiger partial charge >= 0.3 is 0 Å². The molecule has 86 valence electrons. The third-order valence-electron chi connectivity index (χ3n) is 2.15. The molecule has 3 N–H and O–H groups in total. The van der Waals surface area contributed by atoms with Gasteiger partial charge in [-0.3, -0.25) is 5.41 Å². The lowest BCUT2D eigenvalue weighted by Crippen LogP contribution is -2.12. The quantitative estimate of drug-likeness (QED) is 0.493. The molecule has 0 unspecified atom stereocenters. The van der Waals surface area contributed by atoms with Crippen molar-refractivity contribution in [2.75, 3.05) is 0 Å². The summed E-state index contributed by atoms with van der Waals surface area (Å²) in [5.74, 6) is 0.0563. The summed E-state index contributed by atoms with van der Waals surface area (Å²) in [6.07, 6.45) is 1.72. The van der Waals surface area contributed by atoms with Crippen molar-refractivity contribution in [2.45, 2.75) is 17.0 Å². The predicted molar refractivity (Wildman–Crippen MR) is 68.4 cm³/mol. The second-order valence-electron chi connectivity index (χ2n) is 3.49. The lowest BCUT2D eigenvalue weighted by atomic mass is 10.2. The van der Waals surface area contributed by atoms with Gasteiger partial charge in [-0.15, -0.1) is 0 Å². The van der Waals surface area contributed by atoms with Crippen LogP contribution in [0.5, 0.6) is 0 Å². The minimum Gasteiger partial charge on any atom is -0.384 e. The van der Waals surface area contributed by atoms with Crippen LogP contribution in [0.2, 0.25) is 0 Å². The summed E-state index contributed by atoms with van der Waals surface area (Å²) in [4.78, 5) is 9.38. The number of hydrogen-bond acceptors (Lipinski definition) is 4. The molecule has 2 aromatic rings. The normalized spacial score (nSPS) is 10.2. The summed E-state index contributed by atoms with van der Waals surface area (Å²) >= 11 is 1.41. The molecular weight excluding hydrogens is 232 g/mol. The predicted octanol–water partition coefficient (Wildman–Crippen LogP) is 2.22. The molecule has 4 nitrogen and oxygen atoms in total. The average Bonchev–Trinajstić information content (AvgIpc) is 2.29. The Morgan fingerprint density at radius 3 is 2.76 bits per heavy atom. The number of nitrogen functional groups attached to an aromatic ring is 1. The summed E-state index contributed by atoms with van der Waals surface area (Å²) in [7, 11) is 0. The molecule has 0 aliphatic heterocycles. The Hall–Kier alpha value is -1.88. The van der Waals surface area contributed by atoms with Gasteiger partial charge in [-0.05, 0) is 30.8 Å². The van der Waals surface area contributed by atoms with E-state index in [0.717, 1.165) is 10.6 Å². The Kier molecular flexibility index (Phi) is 3.39. The van der Waals surface area contributed by atoms with Crippen molar-refractivity contribution in [1.82, 2.24) is 9.97 Å². The van der Waals surface area contributed by atoms with E-state index in [1.165, 1.54) is 11.8 Å². The van der Waals surface area contributed by atoms with E-state index in [2.05, 4.69) is 9.97 Å². The van der Waals surface area contributed by atoms with Crippen LogP contribution in [0.15, 0.2) is 46.6 Å². The SMILES string of the molecule is Cc1ccnc(Sc2ccccc2C(=N)N)n1. The third-order valence-corrected chi connectivity index (χ3v) is 3.11. The first-order chi connectivity index (χ1) is 8.16. The number of hydrogen-bond donors (Lipinski definition) is 2. The highest BCUT2D eigenvalue weighted by molar-refractivity contribution is 7.99. The van der Waals surface area contributed by atoms with Crippen molar-refractivity contribution in [3.05, 3.63) is 47.8 Å². The monoisotopic (exact) mass is 244 g/mol. The molecule has 0 radical (unpaired) electrons. The fourth-order valence-corrected chi connectivity index (χ4v) is 2.29. The van der Waals surface area contributed by atoms with Crippen LogP contribution in [0.4, 0.5) is 0 Å². The van der Waals surface area contributed by atoms with Crippen LogP contribution >= 0.6 is 11.8 Å². The second-order valence-corrected chi connectivity index (χ2v) is 4.50. The van der Waals surface area contributed by atoms with Crippen molar-refractivity contribution in [1.29, 1.82) is 5.41 Å². The van der Waals surface area contributed by atoms with Gasteiger partial charge in [0.25, 0.3) is 0 Å². The fourth-order valence-electron chi connectivity index (χ4n) is 1.35. The number of aryl methyl sites for hydroxylation is 1. The Labute approximate surface area is 104 Å². The maximum Gasteiger partial charge on any atom is 0.192 e. The highest BCUT2D eigenvalue weighted by Gasteiger charge is 2.07. The van der Waals surface area contributed by atoms with E-state index in [-0.39, 0.29) is 5.84 Å². The molecule has 0 aliphatic carbocycles. The molecule has 1 aromatic heterocycles. The number of rotatable bonds is 3. The Morgan fingerprint density at radius 1 is 1.29 bits per heavy atom. The smallest absolute Gasteiger partial charge is 0.192 e. The number of benzene rings is 1. The van der Waals surface area contributed by atoms with Crippen molar-refractivity contribution in [2.24, 2.45) is 5.73 Å². The fraction of sp³-hybridized carbons (Fsp3) is 0.0833. The van der Waals surface area contributed by atoms with Crippen LogP contribution in [0.1, 0.15) is 11.3 Å². The molecule has 1 aromatic carbocycles. The van der Waals surface area contributed by atoms with Gasteiger partial charge in [0.15, 0.2) is 5.16 Å². The molecule has 0 bridgehead atoms. The van der Waals surface area contributed by atoms with Crippen molar-refractivity contribution >= 4 is 17.6 Å². The van der Waals surface area contributed by atoms with Crippen molar-refractivity contribution in [3.8, 4) is 0 Å². The largest absolute Gasteiger partial charge is 0.384 e. The molecule has 0 amide bonds. The highest BCUT2D eigenvalue weighted by atomic mass is 32.2. The van der Waals surface area contributed by atoms with Gasteiger partial charge in [0.1, 0.15) is 5.84 Å². The van der Waals surface area contributed by atoms with Gasteiger partial charge in [-0.25, -0.2) is 9.97 Å². The second kappa shape index (κ2) is 4.97. The number of amidine groups is 1. The number of nitrogens with one attached hydrogen (secondary N) is 1. The first-order valence-electron chi connectivity index (χ1n) is 5.08. The highest BCUT2D eigenvalue weighted by Crippen LogP contribution is 2.27. The summed E-state index contributed by atoms with van der Waals surface area (Å²) in [6, 6.07) is 9.34. The Balaban J connectivity index is 2.33. The summed E-state index contributed by atoms with van der Waals surface area (Å²) in [6.45, 7) is 1.92. The zero-order valence-corrected chi connectivity index (χ0v) is 10.2. The van der Waals surface area contributed by atoms with Crippen LogP contribution in [0.25, 0.3) is 0 Å². The van der Waals surface area contributed by atoms with E-state index < -0.39 is 0 Å². The van der Waals surface area contributed by atoms with E-state index in [9.17, 15) is 0 Å². The lowest BCUT2D eigenvalue weighted by molar-refractivity contribution is 0.932. The first-order valence-corrected chi connectivity index (χ1v) is 5.89. The molecule has 0 spiro atoms. The maximum absolute atomic E-state index is 7.51. The summed E-state index contributed by atoms with van der Waals surface area (Å²) < 4.78 is 0. The summed E-state index contributed by atoms with van der Waals surface area (Å²) in [5.41, 5.74) is 7.16. The van der Waals surface area contributed by atoms with Gasteiger partial charge in [-0.2, -0.15) is 0 Å². The van der Waals surface area contributed by atoms with E-state index in [4.69, 9.17) is 11.1 Å². The molecule has 0 saturated heterocycles. The molecular formula is C12H12N4S. The number of nitrogens with two attached hydrogens (primary N) is 1. The topological polar surface area (TPSA) is 75.7 Å². The number of aromatic nitrogens is 2. The molecule has 1 heterocycles. The average molecular weight is 244 g/mol. The van der Waals surface area contributed by atoms with Gasteiger partial charge < -0.3 is 5.73 Å². The van der Waals surface area contributed by atoms with Crippen LogP contribution in [-0.2, 0) is 0 Å². The van der Waals surface area contributed by atoms with Crippen LogP contribution in [0.3, 0.4) is 0 Å². The van der Waals surface area contributed by atoms with Crippen LogP contribution < -0.4 is 5.73 Å². The van der Waals surface area contributed by atoms with E-state index in [1.807, 2.05) is 37.3 Å². The standard InChI is InChI=1S/C12H12N4S/c1-8-6-7-15-12(16-8)17-10-5-3-2-4-9(10)11(13)14/h2-7H,1H3,(H3,13,14). The number of nitrogens with zero attached hydrogens (tertiary/aromatic N) is 2. The van der Waals surface area contributed by atoms with Gasteiger partial charge in [0, 0.05) is 22.3 Å². The van der Waals surface area contributed by atoms with Crippen molar-refractivity contribution in [3.63, 3.8) is 0 Å². The molecule has 0 saturated carbocycles. The zero-order chi connectivity index (χ0) is 12.3. The van der Waals surface area contributed by atoms with E-state index in [0.29, 0.717) is 10.7 Å². The van der Waals surface area contributed by atoms with Gasteiger partial charge in [0.2, 0.25) is 0 Å². The van der Waals surface area contributed by atoms with Crippen LogP contribution in [0, 0.1) is 12.3 Å². The van der Waals surface area contributed by atoms with E-state index in [1.54, 1.807) is 6.20 Å². The molecule has 17 heavy (non-hydrogen) atoms. The Morgan fingerprint density at radius 2 is 2.06 bits per heavy atom. The maximum atomic E-state index is 7.51. The molecule has 5 heteroatoms. The first kappa shape index (κ1) is 11.6. The molecule has 2 rings (SSSR count). The Bertz CT molecular complexity index is 554. The zero-order valence-electron chi connectivity index (χ0n) is 9.34. The molecule has 0 atom stereocenters. The minimum atomic E-state index is 0.0563. The molecule has 0 fully saturated rings. The van der Waals surface area contributed by atoms with E-state index >= 15 is 0 Å². The molecule has 0 aliphatic rings. The minimum absolute atomic E-state index is 0.0563. The summed E-state index contributed by atoms with van der Waals surface area (Å²) in [5, 5.41) is 8.17. The van der Waals surface area contributed by atoms with Crippen LogP contribution in [-0.4, -0.2) is 15.8 Å².